The number of halogens is 1. The molecule has 5 nitrogen and oxygen atoms in total. The van der Waals surface area contributed by atoms with E-state index in [2.05, 4.69) is 21.2 Å². The maximum atomic E-state index is 11.9. The van der Waals surface area contributed by atoms with Gasteiger partial charge in [0.05, 0.1) is 12.7 Å². The van der Waals surface area contributed by atoms with Gasteiger partial charge in [0.25, 0.3) is 5.91 Å². The molecule has 0 unspecified atom stereocenters. The number of nitrogens with one attached hydrogen (secondary N) is 1. The van der Waals surface area contributed by atoms with Gasteiger partial charge >= 0.3 is 0 Å². The summed E-state index contributed by atoms with van der Waals surface area (Å²) in [4.78, 5) is 22.5. The van der Waals surface area contributed by atoms with Crippen molar-refractivity contribution in [3.8, 4) is 5.75 Å². The van der Waals surface area contributed by atoms with E-state index in [0.29, 0.717) is 37.1 Å². The number of primary amides is 1. The molecule has 19 heavy (non-hydrogen) atoms. The monoisotopic (exact) mass is 328 g/mol. The normalized spacial score (nSPS) is 10.0. The number of hydrogen-bond acceptors (Lipinski definition) is 3. The summed E-state index contributed by atoms with van der Waals surface area (Å²) in [5, 5.41) is 2.78. The number of rotatable bonds is 7. The van der Waals surface area contributed by atoms with Crippen molar-refractivity contribution in [2.24, 2.45) is 5.73 Å². The maximum absolute atomic E-state index is 11.9. The SMILES string of the molecule is COc1cc(Br)ccc1C(=O)NCCCCC(N)=O. The first-order valence-corrected chi connectivity index (χ1v) is 6.74. The molecule has 1 rings (SSSR count). The summed E-state index contributed by atoms with van der Waals surface area (Å²) < 4.78 is 6.00. The molecule has 0 fully saturated rings. The molecule has 0 bridgehead atoms. The molecule has 2 amide bonds. The summed E-state index contributed by atoms with van der Waals surface area (Å²) in [5.74, 6) is 0.00772. The van der Waals surface area contributed by atoms with E-state index < -0.39 is 0 Å². The van der Waals surface area contributed by atoms with Crippen molar-refractivity contribution in [3.05, 3.63) is 28.2 Å². The molecule has 1 aromatic carbocycles. The Hall–Kier alpha value is -1.56. The fourth-order valence-corrected chi connectivity index (χ4v) is 1.91. The summed E-state index contributed by atoms with van der Waals surface area (Å²) in [7, 11) is 1.52. The van der Waals surface area contributed by atoms with Gasteiger partial charge in [0, 0.05) is 17.4 Å². The van der Waals surface area contributed by atoms with E-state index in [-0.39, 0.29) is 11.8 Å². The number of carbonyl (C=O) groups is 2. The van der Waals surface area contributed by atoms with Gasteiger partial charge < -0.3 is 15.8 Å². The minimum Gasteiger partial charge on any atom is -0.496 e. The molecule has 3 N–H and O–H groups in total. The van der Waals surface area contributed by atoms with Gasteiger partial charge in [-0.1, -0.05) is 15.9 Å². The van der Waals surface area contributed by atoms with E-state index in [4.69, 9.17) is 10.5 Å². The van der Waals surface area contributed by atoms with Crippen molar-refractivity contribution in [3.63, 3.8) is 0 Å². The number of benzene rings is 1. The summed E-state index contributed by atoms with van der Waals surface area (Å²) in [6, 6.07) is 5.22. The average molecular weight is 329 g/mol. The van der Waals surface area contributed by atoms with Crippen LogP contribution in [0.15, 0.2) is 22.7 Å². The Balaban J connectivity index is 2.47. The lowest BCUT2D eigenvalue weighted by atomic mass is 10.2. The molecule has 6 heteroatoms. The van der Waals surface area contributed by atoms with E-state index in [1.807, 2.05) is 0 Å². The van der Waals surface area contributed by atoms with E-state index in [9.17, 15) is 9.59 Å². The smallest absolute Gasteiger partial charge is 0.255 e. The zero-order valence-electron chi connectivity index (χ0n) is 10.7. The molecule has 0 saturated heterocycles. The summed E-state index contributed by atoms with van der Waals surface area (Å²) in [6.45, 7) is 0.505. The highest BCUT2D eigenvalue weighted by Gasteiger charge is 2.11. The molecule has 0 radical (unpaired) electrons. The number of methoxy groups -OCH3 is 1. The molecule has 0 aliphatic heterocycles. The number of amides is 2. The molecule has 0 spiro atoms. The van der Waals surface area contributed by atoms with Crippen LogP contribution in [-0.4, -0.2) is 25.5 Å². The highest BCUT2D eigenvalue weighted by Crippen LogP contribution is 2.23. The average Bonchev–Trinajstić information content (AvgIpc) is 2.37. The van der Waals surface area contributed by atoms with Gasteiger partial charge in [-0.3, -0.25) is 9.59 Å². The topological polar surface area (TPSA) is 81.4 Å². The van der Waals surface area contributed by atoms with Crippen LogP contribution < -0.4 is 15.8 Å². The Morgan fingerprint density at radius 3 is 2.74 bits per heavy atom. The molecular formula is C13H17BrN2O3. The number of carbonyl (C=O) groups excluding carboxylic acids is 2. The van der Waals surface area contributed by atoms with Gasteiger partial charge in [-0.05, 0) is 31.0 Å². The number of hydrogen-bond donors (Lipinski definition) is 2. The van der Waals surface area contributed by atoms with Gasteiger partial charge in [0.15, 0.2) is 0 Å². The fraction of sp³-hybridized carbons (Fsp3) is 0.385. The minimum absolute atomic E-state index is 0.191. The third-order valence-corrected chi connectivity index (χ3v) is 3.04. The third-order valence-electron chi connectivity index (χ3n) is 2.54. The van der Waals surface area contributed by atoms with Crippen LogP contribution in [0.4, 0.5) is 0 Å². The maximum Gasteiger partial charge on any atom is 0.255 e. The lowest BCUT2D eigenvalue weighted by Gasteiger charge is -2.09. The third kappa shape index (κ3) is 5.30. The molecule has 0 aliphatic carbocycles. The lowest BCUT2D eigenvalue weighted by Crippen LogP contribution is -2.25. The van der Waals surface area contributed by atoms with Gasteiger partial charge in [-0.25, -0.2) is 0 Å². The first kappa shape index (κ1) is 15.5. The first-order chi connectivity index (χ1) is 9.04. The predicted octanol–water partition coefficient (Wildman–Crippen LogP) is 1.84. The zero-order valence-corrected chi connectivity index (χ0v) is 12.3. The van der Waals surface area contributed by atoms with Crippen LogP contribution in [0.25, 0.3) is 0 Å². The molecule has 0 saturated carbocycles. The Labute approximate surface area is 120 Å². The quantitative estimate of drug-likeness (QED) is 0.749. The Morgan fingerprint density at radius 1 is 1.37 bits per heavy atom. The molecule has 0 heterocycles. The molecule has 0 aromatic heterocycles. The second kappa shape index (κ2) is 7.78. The van der Waals surface area contributed by atoms with Crippen LogP contribution in [-0.2, 0) is 4.79 Å². The molecule has 104 valence electrons. The summed E-state index contributed by atoms with van der Waals surface area (Å²) in [5.41, 5.74) is 5.52. The van der Waals surface area contributed by atoms with E-state index in [0.717, 1.165) is 4.47 Å². The number of unbranched alkanes of at least 4 members (excludes halogenated alkanes) is 1. The molecule has 0 atom stereocenters. The second-order valence-electron chi connectivity index (χ2n) is 4.02. The largest absolute Gasteiger partial charge is 0.496 e. The van der Waals surface area contributed by atoms with Crippen LogP contribution in [0.2, 0.25) is 0 Å². The summed E-state index contributed by atoms with van der Waals surface area (Å²) >= 11 is 3.32. The van der Waals surface area contributed by atoms with Gasteiger partial charge in [0.2, 0.25) is 5.91 Å². The van der Waals surface area contributed by atoms with Crippen LogP contribution >= 0.6 is 15.9 Å². The predicted molar refractivity (Wildman–Crippen MR) is 76.1 cm³/mol. The number of ether oxygens (including phenoxy) is 1. The van der Waals surface area contributed by atoms with E-state index in [1.54, 1.807) is 18.2 Å². The van der Waals surface area contributed by atoms with Crippen LogP contribution in [0.3, 0.4) is 0 Å². The minimum atomic E-state index is -0.319. The Morgan fingerprint density at radius 2 is 2.11 bits per heavy atom. The molecule has 1 aromatic rings. The van der Waals surface area contributed by atoms with E-state index in [1.165, 1.54) is 7.11 Å². The van der Waals surface area contributed by atoms with Crippen molar-refractivity contribution in [2.75, 3.05) is 13.7 Å². The standard InChI is InChI=1S/C13H17BrN2O3/c1-19-11-8-9(14)5-6-10(11)13(18)16-7-3-2-4-12(15)17/h5-6,8H,2-4,7H2,1H3,(H2,15,17)(H,16,18). The van der Waals surface area contributed by atoms with Crippen molar-refractivity contribution < 1.29 is 14.3 Å². The second-order valence-corrected chi connectivity index (χ2v) is 4.94. The zero-order chi connectivity index (χ0) is 14.3. The van der Waals surface area contributed by atoms with E-state index >= 15 is 0 Å². The number of nitrogens with two attached hydrogens (primary N) is 1. The molecule has 0 aliphatic rings. The first-order valence-electron chi connectivity index (χ1n) is 5.94. The van der Waals surface area contributed by atoms with Crippen molar-refractivity contribution in [1.82, 2.24) is 5.32 Å². The highest BCUT2D eigenvalue weighted by atomic mass is 79.9. The van der Waals surface area contributed by atoms with Crippen molar-refractivity contribution >= 4 is 27.7 Å². The lowest BCUT2D eigenvalue weighted by molar-refractivity contribution is -0.118. The Kier molecular flexibility index (Phi) is 6.35. The molecular weight excluding hydrogens is 312 g/mol. The van der Waals surface area contributed by atoms with Gasteiger partial charge in [-0.2, -0.15) is 0 Å². The van der Waals surface area contributed by atoms with Crippen LogP contribution in [0.1, 0.15) is 29.6 Å². The Bertz CT molecular complexity index is 463. The summed E-state index contributed by atoms with van der Waals surface area (Å²) in [6.07, 6.45) is 1.73. The fourth-order valence-electron chi connectivity index (χ4n) is 1.57. The van der Waals surface area contributed by atoms with Crippen LogP contribution in [0.5, 0.6) is 5.75 Å². The van der Waals surface area contributed by atoms with Crippen molar-refractivity contribution in [2.45, 2.75) is 19.3 Å². The van der Waals surface area contributed by atoms with Gasteiger partial charge in [0.1, 0.15) is 5.75 Å². The van der Waals surface area contributed by atoms with Gasteiger partial charge in [-0.15, -0.1) is 0 Å². The van der Waals surface area contributed by atoms with Crippen molar-refractivity contribution in [1.29, 1.82) is 0 Å². The van der Waals surface area contributed by atoms with Crippen LogP contribution in [0, 0.1) is 0 Å². The highest BCUT2D eigenvalue weighted by molar-refractivity contribution is 9.10.